The van der Waals surface area contributed by atoms with Crippen LogP contribution in [0.4, 0.5) is 5.82 Å². The Balaban J connectivity index is 1.86. The van der Waals surface area contributed by atoms with Crippen LogP contribution in [-0.4, -0.2) is 4.98 Å². The van der Waals surface area contributed by atoms with Gasteiger partial charge < -0.3 is 4.90 Å². The van der Waals surface area contributed by atoms with Crippen molar-refractivity contribution >= 4 is 21.7 Å². The van der Waals surface area contributed by atoms with Gasteiger partial charge in [-0.25, -0.2) is 4.98 Å². The van der Waals surface area contributed by atoms with E-state index in [4.69, 9.17) is 0 Å². The molecule has 0 saturated heterocycles. The summed E-state index contributed by atoms with van der Waals surface area (Å²) in [6, 6.07) is 25.1. The lowest BCUT2D eigenvalue weighted by atomic mass is 10.1. The third-order valence-corrected chi connectivity index (χ3v) is 3.94. The highest BCUT2D eigenvalue weighted by atomic mass is 79.9. The average Bonchev–Trinajstić information content (AvgIpc) is 2.57. The van der Waals surface area contributed by atoms with E-state index in [1.165, 1.54) is 11.1 Å². The van der Waals surface area contributed by atoms with Crippen molar-refractivity contribution in [1.29, 1.82) is 0 Å². The Morgan fingerprint density at radius 3 is 1.73 bits per heavy atom. The molecule has 1 heterocycles. The number of halogens is 1. The summed E-state index contributed by atoms with van der Waals surface area (Å²) in [7, 11) is 0. The maximum atomic E-state index is 4.55. The van der Waals surface area contributed by atoms with Gasteiger partial charge in [0.15, 0.2) is 0 Å². The quantitative estimate of drug-likeness (QED) is 0.638. The first-order chi connectivity index (χ1) is 10.8. The second kappa shape index (κ2) is 7.23. The molecule has 0 aliphatic carbocycles. The third kappa shape index (κ3) is 3.95. The van der Waals surface area contributed by atoms with E-state index in [9.17, 15) is 0 Å². The number of pyridine rings is 1. The Morgan fingerprint density at radius 1 is 0.727 bits per heavy atom. The first-order valence-corrected chi connectivity index (χ1v) is 8.05. The molecule has 3 heteroatoms. The van der Waals surface area contributed by atoms with Gasteiger partial charge in [0.05, 0.1) is 0 Å². The highest BCUT2D eigenvalue weighted by Gasteiger charge is 2.09. The number of hydrogen-bond donors (Lipinski definition) is 0. The van der Waals surface area contributed by atoms with Crippen molar-refractivity contribution in [2.75, 3.05) is 4.90 Å². The van der Waals surface area contributed by atoms with E-state index in [1.807, 2.05) is 24.4 Å². The van der Waals surface area contributed by atoms with Gasteiger partial charge >= 0.3 is 0 Å². The van der Waals surface area contributed by atoms with Crippen LogP contribution >= 0.6 is 15.9 Å². The summed E-state index contributed by atoms with van der Waals surface area (Å²) >= 11 is 3.45. The number of benzene rings is 2. The summed E-state index contributed by atoms with van der Waals surface area (Å²) in [6.07, 6.45) is 1.85. The highest BCUT2D eigenvalue weighted by Crippen LogP contribution is 2.20. The van der Waals surface area contributed by atoms with Crippen LogP contribution in [0.2, 0.25) is 0 Å². The summed E-state index contributed by atoms with van der Waals surface area (Å²) in [5.74, 6) is 0.982. The van der Waals surface area contributed by atoms with E-state index in [1.54, 1.807) is 0 Å². The van der Waals surface area contributed by atoms with Crippen molar-refractivity contribution in [2.45, 2.75) is 13.1 Å². The Morgan fingerprint density at radius 2 is 1.27 bits per heavy atom. The van der Waals surface area contributed by atoms with Crippen molar-refractivity contribution < 1.29 is 0 Å². The smallest absolute Gasteiger partial charge is 0.129 e. The molecule has 0 bridgehead atoms. The van der Waals surface area contributed by atoms with Crippen LogP contribution in [0.15, 0.2) is 83.5 Å². The maximum absolute atomic E-state index is 4.55. The molecule has 22 heavy (non-hydrogen) atoms. The number of aromatic nitrogens is 1. The topological polar surface area (TPSA) is 16.1 Å². The minimum absolute atomic E-state index is 0.838. The predicted octanol–water partition coefficient (Wildman–Crippen LogP) is 5.05. The fourth-order valence-electron chi connectivity index (χ4n) is 2.38. The molecular formula is C19H17BrN2. The van der Waals surface area contributed by atoms with E-state index >= 15 is 0 Å². The lowest BCUT2D eigenvalue weighted by Gasteiger charge is -2.24. The largest absolute Gasteiger partial charge is 0.348 e. The summed E-state index contributed by atoms with van der Waals surface area (Å²) in [4.78, 5) is 6.84. The van der Waals surface area contributed by atoms with E-state index in [2.05, 4.69) is 80.4 Å². The molecule has 0 spiro atoms. The second-order valence-corrected chi connectivity index (χ2v) is 6.08. The molecule has 0 atom stereocenters. The van der Waals surface area contributed by atoms with Crippen LogP contribution in [0.3, 0.4) is 0 Å². The fourth-order valence-corrected chi connectivity index (χ4v) is 2.62. The third-order valence-electron chi connectivity index (χ3n) is 3.47. The minimum atomic E-state index is 0.838. The molecule has 0 fully saturated rings. The Kier molecular flexibility index (Phi) is 4.86. The standard InChI is InChI=1S/C19H17BrN2/c20-18-11-12-19(21-13-18)22(14-16-7-3-1-4-8-16)15-17-9-5-2-6-10-17/h1-13H,14-15H2. The second-order valence-electron chi connectivity index (χ2n) is 5.16. The van der Waals surface area contributed by atoms with Gasteiger partial charge in [-0.05, 0) is 39.2 Å². The lowest BCUT2D eigenvalue weighted by Crippen LogP contribution is -2.23. The van der Waals surface area contributed by atoms with Crippen LogP contribution < -0.4 is 4.90 Å². The van der Waals surface area contributed by atoms with Crippen LogP contribution in [0.1, 0.15) is 11.1 Å². The van der Waals surface area contributed by atoms with Gasteiger partial charge in [-0.3, -0.25) is 0 Å². The predicted molar refractivity (Wildman–Crippen MR) is 94.7 cm³/mol. The monoisotopic (exact) mass is 352 g/mol. The van der Waals surface area contributed by atoms with Crippen LogP contribution in [0.25, 0.3) is 0 Å². The van der Waals surface area contributed by atoms with Gasteiger partial charge in [0.1, 0.15) is 5.82 Å². The zero-order valence-corrected chi connectivity index (χ0v) is 13.8. The van der Waals surface area contributed by atoms with Crippen molar-refractivity contribution in [3.63, 3.8) is 0 Å². The molecule has 3 aromatic rings. The fraction of sp³-hybridized carbons (Fsp3) is 0.105. The lowest BCUT2D eigenvalue weighted by molar-refractivity contribution is 0.783. The van der Waals surface area contributed by atoms with Crippen molar-refractivity contribution in [1.82, 2.24) is 4.98 Å². The Labute approximate surface area is 139 Å². The van der Waals surface area contributed by atoms with E-state index in [-0.39, 0.29) is 0 Å². The van der Waals surface area contributed by atoms with Crippen LogP contribution in [-0.2, 0) is 13.1 Å². The molecule has 1 aromatic heterocycles. The van der Waals surface area contributed by atoms with Crippen molar-refractivity contribution in [3.8, 4) is 0 Å². The average molecular weight is 353 g/mol. The first-order valence-electron chi connectivity index (χ1n) is 7.25. The number of nitrogens with zero attached hydrogens (tertiary/aromatic N) is 2. The minimum Gasteiger partial charge on any atom is -0.348 e. The molecule has 0 unspecified atom stereocenters. The maximum Gasteiger partial charge on any atom is 0.129 e. The van der Waals surface area contributed by atoms with Crippen LogP contribution in [0.5, 0.6) is 0 Å². The van der Waals surface area contributed by atoms with Crippen LogP contribution in [0, 0.1) is 0 Å². The molecule has 0 radical (unpaired) electrons. The summed E-state index contributed by atoms with van der Waals surface area (Å²) in [6.45, 7) is 1.68. The van der Waals surface area contributed by atoms with Gasteiger partial charge in [-0.2, -0.15) is 0 Å². The van der Waals surface area contributed by atoms with E-state index in [0.29, 0.717) is 0 Å². The molecule has 0 aliphatic rings. The Hall–Kier alpha value is -2.13. The molecule has 110 valence electrons. The van der Waals surface area contributed by atoms with Gasteiger partial charge in [0, 0.05) is 23.8 Å². The number of hydrogen-bond acceptors (Lipinski definition) is 2. The molecule has 2 nitrogen and oxygen atoms in total. The Bertz CT molecular complexity index is 655. The molecule has 0 amide bonds. The first kappa shape index (κ1) is 14.8. The SMILES string of the molecule is Brc1ccc(N(Cc2ccccc2)Cc2ccccc2)nc1. The van der Waals surface area contributed by atoms with Crippen molar-refractivity contribution in [2.24, 2.45) is 0 Å². The van der Waals surface area contributed by atoms with Gasteiger partial charge in [-0.15, -0.1) is 0 Å². The molecule has 0 saturated carbocycles. The highest BCUT2D eigenvalue weighted by molar-refractivity contribution is 9.10. The zero-order chi connectivity index (χ0) is 15.2. The molecule has 0 aliphatic heterocycles. The van der Waals surface area contributed by atoms with E-state index < -0.39 is 0 Å². The molecule has 3 rings (SSSR count). The molecule has 0 N–H and O–H groups in total. The molecule has 2 aromatic carbocycles. The number of rotatable bonds is 5. The summed E-state index contributed by atoms with van der Waals surface area (Å²) in [5, 5.41) is 0. The van der Waals surface area contributed by atoms with Gasteiger partial charge in [0.25, 0.3) is 0 Å². The summed E-state index contributed by atoms with van der Waals surface area (Å²) in [5.41, 5.74) is 2.56. The zero-order valence-electron chi connectivity index (χ0n) is 12.2. The normalized spacial score (nSPS) is 10.4. The number of anilines is 1. The van der Waals surface area contributed by atoms with Crippen molar-refractivity contribution in [3.05, 3.63) is 94.6 Å². The van der Waals surface area contributed by atoms with E-state index in [0.717, 1.165) is 23.4 Å². The van der Waals surface area contributed by atoms with Gasteiger partial charge in [0.2, 0.25) is 0 Å². The molecular weight excluding hydrogens is 336 g/mol. The summed E-state index contributed by atoms with van der Waals surface area (Å²) < 4.78 is 0.996. The van der Waals surface area contributed by atoms with Gasteiger partial charge in [-0.1, -0.05) is 60.7 Å².